The third kappa shape index (κ3) is 4.09. The topological polar surface area (TPSA) is 48.0 Å². The van der Waals surface area contributed by atoms with E-state index in [9.17, 15) is 4.79 Å². The molecular formula is C15H27NO4. The Kier molecular flexibility index (Phi) is 4.91. The largest absolute Gasteiger partial charge is 0.444 e. The maximum absolute atomic E-state index is 12.1. The Bertz CT molecular complexity index is 339. The lowest BCUT2D eigenvalue weighted by Gasteiger charge is -2.35. The quantitative estimate of drug-likeness (QED) is 0.748. The Labute approximate surface area is 121 Å². The zero-order valence-electron chi connectivity index (χ0n) is 13.1. The van der Waals surface area contributed by atoms with Gasteiger partial charge in [0.15, 0.2) is 0 Å². The van der Waals surface area contributed by atoms with Gasteiger partial charge in [-0.3, -0.25) is 0 Å². The van der Waals surface area contributed by atoms with Crippen molar-refractivity contribution in [1.29, 1.82) is 0 Å². The fraction of sp³-hybridized carbons (Fsp3) is 0.933. The number of carbonyl (C=O) groups excluding carboxylic acids is 1. The molecule has 5 heteroatoms. The first kappa shape index (κ1) is 15.6. The lowest BCUT2D eigenvalue weighted by atomic mass is 9.89. The summed E-state index contributed by atoms with van der Waals surface area (Å²) in [6.07, 6.45) is 3.26. The molecule has 0 aromatic rings. The summed E-state index contributed by atoms with van der Waals surface area (Å²) in [5.41, 5.74) is -0.423. The molecule has 116 valence electrons. The second-order valence-electron chi connectivity index (χ2n) is 6.90. The highest BCUT2D eigenvalue weighted by Crippen LogP contribution is 2.39. The van der Waals surface area contributed by atoms with E-state index in [-0.39, 0.29) is 12.2 Å². The molecule has 1 saturated heterocycles. The molecule has 1 heterocycles. The number of amides is 1. The van der Waals surface area contributed by atoms with E-state index in [1.54, 1.807) is 7.11 Å². The van der Waals surface area contributed by atoms with Gasteiger partial charge in [-0.05, 0) is 51.9 Å². The van der Waals surface area contributed by atoms with Crippen LogP contribution in [0.3, 0.4) is 0 Å². The van der Waals surface area contributed by atoms with Gasteiger partial charge >= 0.3 is 6.09 Å². The van der Waals surface area contributed by atoms with Crippen molar-refractivity contribution in [2.75, 3.05) is 27.0 Å². The Morgan fingerprint density at radius 1 is 1.25 bits per heavy atom. The van der Waals surface area contributed by atoms with Gasteiger partial charge in [0.05, 0.1) is 6.10 Å². The number of rotatable bonds is 3. The summed E-state index contributed by atoms with van der Waals surface area (Å²) in [5.74, 6) is 1.22. The molecule has 0 spiro atoms. The molecular weight excluding hydrogens is 258 g/mol. The van der Waals surface area contributed by atoms with Crippen molar-refractivity contribution in [1.82, 2.24) is 4.90 Å². The third-order valence-electron chi connectivity index (χ3n) is 4.10. The lowest BCUT2D eigenvalue weighted by Crippen LogP contribution is -2.44. The molecule has 0 radical (unpaired) electrons. The summed E-state index contributed by atoms with van der Waals surface area (Å²) in [6.45, 7) is 7.67. The van der Waals surface area contributed by atoms with E-state index in [1.807, 2.05) is 25.7 Å². The van der Waals surface area contributed by atoms with Crippen molar-refractivity contribution in [3.05, 3.63) is 0 Å². The van der Waals surface area contributed by atoms with E-state index in [0.717, 1.165) is 32.4 Å². The molecule has 2 fully saturated rings. The molecule has 1 unspecified atom stereocenters. The molecule has 3 atom stereocenters. The van der Waals surface area contributed by atoms with Crippen LogP contribution in [0, 0.1) is 11.8 Å². The highest BCUT2D eigenvalue weighted by molar-refractivity contribution is 5.68. The number of piperidine rings is 1. The van der Waals surface area contributed by atoms with Crippen LogP contribution >= 0.6 is 0 Å². The monoisotopic (exact) mass is 285 g/mol. The summed E-state index contributed by atoms with van der Waals surface area (Å²) in [4.78, 5) is 14.0. The van der Waals surface area contributed by atoms with Crippen molar-refractivity contribution in [3.8, 4) is 0 Å². The van der Waals surface area contributed by atoms with Crippen LogP contribution in [0.1, 0.15) is 40.0 Å². The molecule has 2 aliphatic rings. The van der Waals surface area contributed by atoms with Gasteiger partial charge in [0.1, 0.15) is 12.4 Å². The SMILES string of the molecule is COCOC1C[C@@H]2CCN(C(=O)OC(C)(C)C)C[C@@H]2C1. The van der Waals surface area contributed by atoms with E-state index in [4.69, 9.17) is 14.2 Å². The number of ether oxygens (including phenoxy) is 3. The highest BCUT2D eigenvalue weighted by Gasteiger charge is 2.40. The minimum Gasteiger partial charge on any atom is -0.444 e. The summed E-state index contributed by atoms with van der Waals surface area (Å²) < 4.78 is 16.1. The van der Waals surface area contributed by atoms with E-state index >= 15 is 0 Å². The van der Waals surface area contributed by atoms with Gasteiger partial charge in [-0.15, -0.1) is 0 Å². The molecule has 2 rings (SSSR count). The zero-order chi connectivity index (χ0) is 14.8. The van der Waals surface area contributed by atoms with Crippen LogP contribution in [-0.2, 0) is 14.2 Å². The van der Waals surface area contributed by atoms with Crippen LogP contribution in [-0.4, -0.2) is 49.7 Å². The molecule has 1 amide bonds. The molecule has 0 N–H and O–H groups in total. The maximum Gasteiger partial charge on any atom is 0.410 e. The van der Waals surface area contributed by atoms with Gasteiger partial charge in [0, 0.05) is 20.2 Å². The summed E-state index contributed by atoms with van der Waals surface area (Å²) in [5, 5.41) is 0. The fourth-order valence-corrected chi connectivity index (χ4v) is 3.22. The Morgan fingerprint density at radius 3 is 2.60 bits per heavy atom. The average molecular weight is 285 g/mol. The molecule has 0 aromatic heterocycles. The number of nitrogens with zero attached hydrogens (tertiary/aromatic N) is 1. The van der Waals surface area contributed by atoms with Gasteiger partial charge in [0.25, 0.3) is 0 Å². The van der Waals surface area contributed by atoms with Crippen molar-refractivity contribution in [2.45, 2.75) is 51.7 Å². The molecule has 1 aliphatic carbocycles. The van der Waals surface area contributed by atoms with Gasteiger partial charge < -0.3 is 19.1 Å². The third-order valence-corrected chi connectivity index (χ3v) is 4.10. The number of fused-ring (bicyclic) bond motifs is 1. The fourth-order valence-electron chi connectivity index (χ4n) is 3.22. The highest BCUT2D eigenvalue weighted by atomic mass is 16.7. The number of hydrogen-bond donors (Lipinski definition) is 0. The van der Waals surface area contributed by atoms with Gasteiger partial charge in [-0.2, -0.15) is 0 Å². The minimum atomic E-state index is -0.423. The van der Waals surface area contributed by atoms with E-state index < -0.39 is 5.60 Å². The zero-order valence-corrected chi connectivity index (χ0v) is 13.1. The van der Waals surface area contributed by atoms with Gasteiger partial charge in [-0.1, -0.05) is 0 Å². The van der Waals surface area contributed by atoms with Crippen LogP contribution < -0.4 is 0 Å². The molecule has 5 nitrogen and oxygen atoms in total. The molecule has 0 bridgehead atoms. The van der Waals surface area contributed by atoms with Crippen molar-refractivity contribution < 1.29 is 19.0 Å². The Morgan fingerprint density at radius 2 is 1.95 bits per heavy atom. The molecule has 1 aliphatic heterocycles. The predicted octanol–water partition coefficient (Wildman–Crippen LogP) is 2.64. The van der Waals surface area contributed by atoms with Crippen LogP contribution in [0.25, 0.3) is 0 Å². The number of likely N-dealkylation sites (tertiary alicyclic amines) is 1. The molecule has 1 saturated carbocycles. The van der Waals surface area contributed by atoms with Crippen LogP contribution in [0.5, 0.6) is 0 Å². The predicted molar refractivity (Wildman–Crippen MR) is 75.4 cm³/mol. The van der Waals surface area contributed by atoms with E-state index in [0.29, 0.717) is 18.6 Å². The minimum absolute atomic E-state index is 0.183. The lowest BCUT2D eigenvalue weighted by molar-refractivity contribution is -0.0705. The first-order valence-corrected chi connectivity index (χ1v) is 7.47. The smallest absolute Gasteiger partial charge is 0.410 e. The first-order valence-electron chi connectivity index (χ1n) is 7.47. The van der Waals surface area contributed by atoms with Crippen LogP contribution in [0.4, 0.5) is 4.79 Å². The van der Waals surface area contributed by atoms with Gasteiger partial charge in [0.2, 0.25) is 0 Å². The normalized spacial score (nSPS) is 30.2. The van der Waals surface area contributed by atoms with Crippen LogP contribution in [0.15, 0.2) is 0 Å². The number of carbonyl (C=O) groups is 1. The van der Waals surface area contributed by atoms with Crippen molar-refractivity contribution in [2.24, 2.45) is 11.8 Å². The Hall–Kier alpha value is -0.810. The average Bonchev–Trinajstić information content (AvgIpc) is 2.75. The van der Waals surface area contributed by atoms with E-state index in [1.165, 1.54) is 0 Å². The standard InChI is InChI=1S/C15H27NO4/c1-15(2,3)20-14(17)16-6-5-11-7-13(19-10-18-4)8-12(11)9-16/h11-13H,5-10H2,1-4H3/t11-,12-,13?/m0/s1. The summed E-state index contributed by atoms with van der Waals surface area (Å²) in [7, 11) is 1.65. The van der Waals surface area contributed by atoms with E-state index in [2.05, 4.69) is 0 Å². The summed E-state index contributed by atoms with van der Waals surface area (Å²) >= 11 is 0. The second-order valence-corrected chi connectivity index (χ2v) is 6.90. The van der Waals surface area contributed by atoms with Gasteiger partial charge in [-0.25, -0.2) is 4.79 Å². The maximum atomic E-state index is 12.1. The second kappa shape index (κ2) is 6.31. The number of hydrogen-bond acceptors (Lipinski definition) is 4. The molecule has 0 aromatic carbocycles. The van der Waals surface area contributed by atoms with Crippen LogP contribution in [0.2, 0.25) is 0 Å². The van der Waals surface area contributed by atoms with Crippen molar-refractivity contribution >= 4 is 6.09 Å². The van der Waals surface area contributed by atoms with Crippen molar-refractivity contribution in [3.63, 3.8) is 0 Å². The number of methoxy groups -OCH3 is 1. The molecule has 20 heavy (non-hydrogen) atoms. The Balaban J connectivity index is 1.83. The summed E-state index contributed by atoms with van der Waals surface area (Å²) in [6, 6.07) is 0. The first-order chi connectivity index (χ1) is 9.39.